The standard InChI is InChI=1S/C9H10N2O/c1-7-2-3-8(6-11-7)9-10-4-5-12-9/h2-3,6H,4-5H2,1H3. The van der Waals surface area contributed by atoms with Gasteiger partial charge in [-0.2, -0.15) is 0 Å². The Labute approximate surface area is 71.1 Å². The molecule has 1 aliphatic heterocycles. The maximum Gasteiger partial charge on any atom is 0.217 e. The first-order valence-corrected chi connectivity index (χ1v) is 3.96. The molecule has 0 saturated heterocycles. The summed E-state index contributed by atoms with van der Waals surface area (Å²) >= 11 is 0. The Morgan fingerprint density at radius 1 is 1.42 bits per heavy atom. The summed E-state index contributed by atoms with van der Waals surface area (Å²) in [6.07, 6.45) is 1.79. The number of rotatable bonds is 1. The zero-order chi connectivity index (χ0) is 8.39. The Morgan fingerprint density at radius 2 is 2.33 bits per heavy atom. The first kappa shape index (κ1) is 7.28. The van der Waals surface area contributed by atoms with Crippen molar-refractivity contribution in [1.82, 2.24) is 4.98 Å². The zero-order valence-corrected chi connectivity index (χ0v) is 6.95. The normalized spacial score (nSPS) is 15.6. The molecule has 0 amide bonds. The van der Waals surface area contributed by atoms with E-state index in [-0.39, 0.29) is 0 Å². The smallest absolute Gasteiger partial charge is 0.217 e. The van der Waals surface area contributed by atoms with Crippen LogP contribution in [-0.4, -0.2) is 24.0 Å². The molecule has 2 rings (SSSR count). The topological polar surface area (TPSA) is 34.5 Å². The van der Waals surface area contributed by atoms with E-state index in [1.165, 1.54) is 0 Å². The van der Waals surface area contributed by atoms with Crippen molar-refractivity contribution in [2.24, 2.45) is 4.99 Å². The maximum atomic E-state index is 5.29. The molecule has 12 heavy (non-hydrogen) atoms. The van der Waals surface area contributed by atoms with Gasteiger partial charge in [0.1, 0.15) is 6.61 Å². The van der Waals surface area contributed by atoms with Gasteiger partial charge in [0.05, 0.1) is 12.1 Å². The van der Waals surface area contributed by atoms with E-state index in [9.17, 15) is 0 Å². The summed E-state index contributed by atoms with van der Waals surface area (Å²) in [6.45, 7) is 3.42. The van der Waals surface area contributed by atoms with E-state index < -0.39 is 0 Å². The monoisotopic (exact) mass is 162 g/mol. The zero-order valence-electron chi connectivity index (χ0n) is 6.95. The highest BCUT2D eigenvalue weighted by Crippen LogP contribution is 2.06. The lowest BCUT2D eigenvalue weighted by molar-refractivity contribution is 0.348. The van der Waals surface area contributed by atoms with E-state index in [0.29, 0.717) is 6.61 Å². The highest BCUT2D eigenvalue weighted by molar-refractivity contribution is 5.94. The van der Waals surface area contributed by atoms with Crippen molar-refractivity contribution in [3.05, 3.63) is 29.6 Å². The van der Waals surface area contributed by atoms with E-state index in [0.717, 1.165) is 23.7 Å². The summed E-state index contributed by atoms with van der Waals surface area (Å²) in [5, 5.41) is 0. The fourth-order valence-electron chi connectivity index (χ4n) is 1.10. The second kappa shape index (κ2) is 2.93. The van der Waals surface area contributed by atoms with Crippen LogP contribution in [0.4, 0.5) is 0 Å². The Bertz CT molecular complexity index is 303. The van der Waals surface area contributed by atoms with Crippen LogP contribution in [0.5, 0.6) is 0 Å². The van der Waals surface area contributed by atoms with Crippen LogP contribution in [0.15, 0.2) is 23.3 Å². The molecule has 0 saturated carbocycles. The van der Waals surface area contributed by atoms with E-state index in [2.05, 4.69) is 9.98 Å². The van der Waals surface area contributed by atoms with Gasteiger partial charge in [-0.1, -0.05) is 0 Å². The van der Waals surface area contributed by atoms with Crippen molar-refractivity contribution in [2.45, 2.75) is 6.92 Å². The fourth-order valence-corrected chi connectivity index (χ4v) is 1.10. The molecule has 0 aromatic carbocycles. The number of aromatic nitrogens is 1. The van der Waals surface area contributed by atoms with Crippen LogP contribution in [0.2, 0.25) is 0 Å². The summed E-state index contributed by atoms with van der Waals surface area (Å²) in [5.74, 6) is 0.725. The number of hydrogen-bond donors (Lipinski definition) is 0. The van der Waals surface area contributed by atoms with Crippen molar-refractivity contribution in [3.63, 3.8) is 0 Å². The van der Waals surface area contributed by atoms with E-state index >= 15 is 0 Å². The van der Waals surface area contributed by atoms with Crippen LogP contribution < -0.4 is 0 Å². The van der Waals surface area contributed by atoms with Gasteiger partial charge < -0.3 is 4.74 Å². The quantitative estimate of drug-likeness (QED) is 0.621. The van der Waals surface area contributed by atoms with Gasteiger partial charge in [0.2, 0.25) is 5.90 Å². The molecule has 3 heteroatoms. The van der Waals surface area contributed by atoms with Gasteiger partial charge in [-0.3, -0.25) is 4.98 Å². The van der Waals surface area contributed by atoms with Crippen molar-refractivity contribution >= 4 is 5.90 Å². The van der Waals surface area contributed by atoms with Gasteiger partial charge in [-0.05, 0) is 19.1 Å². The molecular weight excluding hydrogens is 152 g/mol. The predicted octanol–water partition coefficient (Wildman–Crippen LogP) is 1.17. The molecule has 0 bridgehead atoms. The minimum atomic E-state index is 0.698. The minimum Gasteiger partial charge on any atom is -0.475 e. The molecule has 0 radical (unpaired) electrons. The maximum absolute atomic E-state index is 5.29. The van der Waals surface area contributed by atoms with Gasteiger partial charge in [-0.15, -0.1) is 0 Å². The summed E-state index contributed by atoms with van der Waals surface area (Å²) in [5.41, 5.74) is 1.98. The highest BCUT2D eigenvalue weighted by Gasteiger charge is 2.09. The average Bonchev–Trinajstić information content (AvgIpc) is 2.58. The predicted molar refractivity (Wildman–Crippen MR) is 46.3 cm³/mol. The van der Waals surface area contributed by atoms with Crippen LogP contribution in [0.25, 0.3) is 0 Å². The van der Waals surface area contributed by atoms with Crippen molar-refractivity contribution < 1.29 is 4.74 Å². The third kappa shape index (κ3) is 1.30. The Morgan fingerprint density at radius 3 is 2.92 bits per heavy atom. The van der Waals surface area contributed by atoms with Gasteiger partial charge in [-0.25, -0.2) is 4.99 Å². The van der Waals surface area contributed by atoms with Crippen molar-refractivity contribution in [2.75, 3.05) is 13.2 Å². The van der Waals surface area contributed by atoms with Crippen LogP contribution in [0, 0.1) is 6.92 Å². The van der Waals surface area contributed by atoms with Crippen LogP contribution in [-0.2, 0) is 4.74 Å². The number of ether oxygens (including phenoxy) is 1. The molecule has 0 atom stereocenters. The number of pyridine rings is 1. The van der Waals surface area contributed by atoms with Gasteiger partial charge >= 0.3 is 0 Å². The van der Waals surface area contributed by atoms with E-state index in [4.69, 9.17) is 4.74 Å². The van der Waals surface area contributed by atoms with Gasteiger partial charge in [0.15, 0.2) is 0 Å². The largest absolute Gasteiger partial charge is 0.475 e. The van der Waals surface area contributed by atoms with Gasteiger partial charge in [0, 0.05) is 11.9 Å². The molecule has 0 fully saturated rings. The highest BCUT2D eigenvalue weighted by atomic mass is 16.5. The van der Waals surface area contributed by atoms with E-state index in [1.54, 1.807) is 6.20 Å². The fraction of sp³-hybridized carbons (Fsp3) is 0.333. The number of nitrogens with zero attached hydrogens (tertiary/aromatic N) is 2. The molecule has 1 aromatic heterocycles. The Balaban J connectivity index is 2.28. The Hall–Kier alpha value is -1.38. The van der Waals surface area contributed by atoms with Crippen molar-refractivity contribution in [3.8, 4) is 0 Å². The second-order valence-corrected chi connectivity index (χ2v) is 2.72. The molecule has 2 heterocycles. The summed E-state index contributed by atoms with van der Waals surface area (Å²) in [7, 11) is 0. The number of hydrogen-bond acceptors (Lipinski definition) is 3. The average molecular weight is 162 g/mol. The molecular formula is C9H10N2O. The first-order valence-electron chi connectivity index (χ1n) is 3.96. The van der Waals surface area contributed by atoms with Crippen molar-refractivity contribution in [1.29, 1.82) is 0 Å². The first-order chi connectivity index (χ1) is 5.86. The molecule has 1 aliphatic rings. The van der Waals surface area contributed by atoms with Gasteiger partial charge in [0.25, 0.3) is 0 Å². The van der Waals surface area contributed by atoms with Crippen LogP contribution in [0.1, 0.15) is 11.3 Å². The molecule has 62 valence electrons. The summed E-state index contributed by atoms with van der Waals surface area (Å²) in [6, 6.07) is 3.94. The summed E-state index contributed by atoms with van der Waals surface area (Å²) in [4.78, 5) is 8.35. The minimum absolute atomic E-state index is 0.698. The number of aliphatic imine (C=N–C) groups is 1. The number of aryl methyl sites for hydroxylation is 1. The summed E-state index contributed by atoms with van der Waals surface area (Å²) < 4.78 is 5.29. The van der Waals surface area contributed by atoms with Crippen LogP contribution >= 0.6 is 0 Å². The molecule has 0 unspecified atom stereocenters. The molecule has 0 N–H and O–H groups in total. The lowest BCUT2D eigenvalue weighted by atomic mass is 10.2. The second-order valence-electron chi connectivity index (χ2n) is 2.72. The molecule has 0 spiro atoms. The Kier molecular flexibility index (Phi) is 1.78. The third-order valence-corrected chi connectivity index (χ3v) is 1.74. The molecule has 0 aliphatic carbocycles. The SMILES string of the molecule is Cc1ccc(C2=NCCO2)cn1. The third-order valence-electron chi connectivity index (χ3n) is 1.74. The lowest BCUT2D eigenvalue weighted by Crippen LogP contribution is -2.01. The van der Waals surface area contributed by atoms with Crippen LogP contribution in [0.3, 0.4) is 0 Å². The molecule has 3 nitrogen and oxygen atoms in total. The molecule has 1 aromatic rings. The lowest BCUT2D eigenvalue weighted by Gasteiger charge is -2.00. The van der Waals surface area contributed by atoms with E-state index in [1.807, 2.05) is 19.1 Å².